The number of hydrogen-bond donors (Lipinski definition) is 1. The average Bonchev–Trinajstić information content (AvgIpc) is 2.92. The Balaban J connectivity index is 1.93. The summed E-state index contributed by atoms with van der Waals surface area (Å²) in [6.45, 7) is 1.34. The Morgan fingerprint density at radius 3 is 2.58 bits per heavy atom. The zero-order valence-electron chi connectivity index (χ0n) is 12.8. The van der Waals surface area contributed by atoms with Gasteiger partial charge < -0.3 is 5.32 Å². The molecule has 0 fully saturated rings. The van der Waals surface area contributed by atoms with E-state index in [0.29, 0.717) is 16.5 Å². The molecule has 0 atom stereocenters. The van der Waals surface area contributed by atoms with Gasteiger partial charge in [-0.05, 0) is 24.3 Å². The van der Waals surface area contributed by atoms with Gasteiger partial charge in [0.2, 0.25) is 5.91 Å². The van der Waals surface area contributed by atoms with E-state index in [-0.39, 0.29) is 18.0 Å². The Bertz CT molecular complexity index is 947. The molecule has 0 radical (unpaired) electrons. The predicted molar refractivity (Wildman–Crippen MR) is 85.8 cm³/mol. The summed E-state index contributed by atoms with van der Waals surface area (Å²) >= 11 is 0. The number of fused-ring (bicyclic) bond motifs is 1. The van der Waals surface area contributed by atoms with Crippen LogP contribution in [0.3, 0.4) is 0 Å². The quantitative estimate of drug-likeness (QED) is 0.800. The molecule has 0 saturated carbocycles. The highest BCUT2D eigenvalue weighted by molar-refractivity contribution is 6.09. The van der Waals surface area contributed by atoms with Gasteiger partial charge in [0.15, 0.2) is 0 Å². The van der Waals surface area contributed by atoms with Crippen molar-refractivity contribution in [3.05, 3.63) is 71.4 Å². The second-order valence-corrected chi connectivity index (χ2v) is 5.37. The molecule has 24 heavy (non-hydrogen) atoms. The molecule has 0 aliphatic carbocycles. The molecule has 0 aliphatic heterocycles. The van der Waals surface area contributed by atoms with E-state index < -0.39 is 17.5 Å². The summed E-state index contributed by atoms with van der Waals surface area (Å²) in [6.07, 6.45) is 1.36. The lowest BCUT2D eigenvalue weighted by Gasteiger charge is -2.05. The van der Waals surface area contributed by atoms with Crippen LogP contribution in [0.4, 0.5) is 8.78 Å². The number of rotatable bonds is 3. The normalized spacial score (nSPS) is 10.8. The van der Waals surface area contributed by atoms with E-state index in [1.807, 2.05) is 0 Å². The minimum atomic E-state index is -0.507. The third-order valence-corrected chi connectivity index (χ3v) is 3.75. The van der Waals surface area contributed by atoms with Crippen LogP contribution < -0.4 is 5.32 Å². The fraction of sp³-hybridized carbons (Fsp3) is 0.111. The third-order valence-electron chi connectivity index (χ3n) is 3.75. The molecule has 1 heterocycles. The number of aromatic nitrogens is 1. The number of halogens is 2. The van der Waals surface area contributed by atoms with Crippen molar-refractivity contribution in [1.29, 1.82) is 0 Å². The van der Waals surface area contributed by atoms with Gasteiger partial charge in [0, 0.05) is 30.6 Å². The summed E-state index contributed by atoms with van der Waals surface area (Å²) in [7, 11) is 0. The largest absolute Gasteiger partial charge is 0.348 e. The molecule has 0 unspecified atom stereocenters. The van der Waals surface area contributed by atoms with Crippen LogP contribution in [0.2, 0.25) is 0 Å². The highest BCUT2D eigenvalue weighted by Crippen LogP contribution is 2.23. The number of carbonyl (C=O) groups excluding carboxylic acids is 2. The Hall–Kier alpha value is -3.02. The maximum absolute atomic E-state index is 13.6. The predicted octanol–water partition coefficient (Wildman–Crippen LogP) is 3.51. The minimum Gasteiger partial charge on any atom is -0.348 e. The molecule has 122 valence electrons. The fourth-order valence-corrected chi connectivity index (χ4v) is 2.56. The molecule has 0 saturated heterocycles. The van der Waals surface area contributed by atoms with E-state index >= 15 is 0 Å². The molecule has 4 nitrogen and oxygen atoms in total. The first-order valence-corrected chi connectivity index (χ1v) is 7.30. The summed E-state index contributed by atoms with van der Waals surface area (Å²) in [5.74, 6) is -1.73. The van der Waals surface area contributed by atoms with Crippen molar-refractivity contribution in [3.63, 3.8) is 0 Å². The van der Waals surface area contributed by atoms with E-state index in [4.69, 9.17) is 0 Å². The van der Waals surface area contributed by atoms with Gasteiger partial charge in [0.25, 0.3) is 5.91 Å². The van der Waals surface area contributed by atoms with E-state index in [1.165, 1.54) is 42.0 Å². The molecular weight excluding hydrogens is 314 g/mol. The van der Waals surface area contributed by atoms with Gasteiger partial charge in [-0.3, -0.25) is 14.2 Å². The Kier molecular flexibility index (Phi) is 4.12. The molecule has 2 aromatic carbocycles. The Morgan fingerprint density at radius 2 is 1.88 bits per heavy atom. The molecule has 1 aromatic heterocycles. The standard InChI is InChI=1S/C18H14F2N2O2/c1-11(23)22-10-15(14-8-13(19)6-7-17(14)22)18(24)21-9-12-4-2-3-5-16(12)20/h2-8,10H,9H2,1H3,(H,21,24). The van der Waals surface area contributed by atoms with E-state index in [1.54, 1.807) is 18.2 Å². The van der Waals surface area contributed by atoms with Crippen molar-refractivity contribution < 1.29 is 18.4 Å². The first kappa shape index (κ1) is 15.9. The highest BCUT2D eigenvalue weighted by Gasteiger charge is 2.17. The van der Waals surface area contributed by atoms with Crippen LogP contribution in [-0.2, 0) is 6.54 Å². The van der Waals surface area contributed by atoms with Crippen molar-refractivity contribution >= 4 is 22.7 Å². The first-order chi connectivity index (χ1) is 11.5. The number of benzene rings is 2. The second kappa shape index (κ2) is 6.23. The number of carbonyl (C=O) groups is 2. The second-order valence-electron chi connectivity index (χ2n) is 5.37. The van der Waals surface area contributed by atoms with E-state index in [2.05, 4.69) is 5.32 Å². The number of nitrogens with one attached hydrogen (secondary N) is 1. The Labute approximate surface area is 136 Å². The third kappa shape index (κ3) is 2.90. The Morgan fingerprint density at radius 1 is 1.12 bits per heavy atom. The van der Waals surface area contributed by atoms with E-state index in [9.17, 15) is 18.4 Å². The lowest BCUT2D eigenvalue weighted by molar-refractivity contribution is 0.0941. The maximum Gasteiger partial charge on any atom is 0.253 e. The van der Waals surface area contributed by atoms with Crippen LogP contribution in [0.25, 0.3) is 10.9 Å². The summed E-state index contributed by atoms with van der Waals surface area (Å²) < 4.78 is 28.4. The van der Waals surface area contributed by atoms with Crippen LogP contribution in [0.15, 0.2) is 48.7 Å². The van der Waals surface area contributed by atoms with Crippen LogP contribution in [0, 0.1) is 11.6 Å². The lowest BCUT2D eigenvalue weighted by atomic mass is 10.1. The molecule has 0 aliphatic rings. The molecule has 0 spiro atoms. The minimum absolute atomic E-state index is 0.00638. The van der Waals surface area contributed by atoms with Gasteiger partial charge >= 0.3 is 0 Å². The van der Waals surface area contributed by atoms with Gasteiger partial charge in [0.1, 0.15) is 11.6 Å². The summed E-state index contributed by atoms with van der Waals surface area (Å²) in [4.78, 5) is 24.1. The SMILES string of the molecule is CC(=O)n1cc(C(=O)NCc2ccccc2F)c2cc(F)ccc21. The molecule has 3 rings (SSSR count). The number of nitrogens with zero attached hydrogens (tertiary/aromatic N) is 1. The fourth-order valence-electron chi connectivity index (χ4n) is 2.56. The van der Waals surface area contributed by atoms with Crippen molar-refractivity contribution in [2.75, 3.05) is 0 Å². The lowest BCUT2D eigenvalue weighted by Crippen LogP contribution is -2.23. The average molecular weight is 328 g/mol. The van der Waals surface area contributed by atoms with Crippen molar-refractivity contribution in [3.8, 4) is 0 Å². The highest BCUT2D eigenvalue weighted by atomic mass is 19.1. The summed E-state index contributed by atoms with van der Waals surface area (Å²) in [6, 6.07) is 9.97. The van der Waals surface area contributed by atoms with Gasteiger partial charge in [-0.25, -0.2) is 8.78 Å². The van der Waals surface area contributed by atoms with Crippen LogP contribution >= 0.6 is 0 Å². The zero-order valence-corrected chi connectivity index (χ0v) is 12.8. The van der Waals surface area contributed by atoms with Crippen LogP contribution in [0.1, 0.15) is 27.6 Å². The number of hydrogen-bond acceptors (Lipinski definition) is 2. The topological polar surface area (TPSA) is 51.1 Å². The van der Waals surface area contributed by atoms with Crippen molar-refractivity contribution in [1.82, 2.24) is 9.88 Å². The van der Waals surface area contributed by atoms with Crippen molar-refractivity contribution in [2.24, 2.45) is 0 Å². The van der Waals surface area contributed by atoms with Gasteiger partial charge in [-0.2, -0.15) is 0 Å². The summed E-state index contributed by atoms with van der Waals surface area (Å²) in [5, 5.41) is 2.92. The smallest absolute Gasteiger partial charge is 0.253 e. The maximum atomic E-state index is 13.6. The van der Waals surface area contributed by atoms with Crippen LogP contribution in [-0.4, -0.2) is 16.4 Å². The molecule has 1 N–H and O–H groups in total. The van der Waals surface area contributed by atoms with Crippen LogP contribution in [0.5, 0.6) is 0 Å². The molecular formula is C18H14F2N2O2. The molecule has 0 bridgehead atoms. The summed E-state index contributed by atoms with van der Waals surface area (Å²) in [5.41, 5.74) is 0.948. The van der Waals surface area contributed by atoms with Gasteiger partial charge in [0.05, 0.1) is 11.1 Å². The molecule has 3 aromatic rings. The molecule has 1 amide bonds. The zero-order chi connectivity index (χ0) is 17.3. The monoisotopic (exact) mass is 328 g/mol. The van der Waals surface area contributed by atoms with Gasteiger partial charge in [-0.15, -0.1) is 0 Å². The van der Waals surface area contributed by atoms with E-state index in [0.717, 1.165) is 0 Å². The van der Waals surface area contributed by atoms with Crippen molar-refractivity contribution in [2.45, 2.75) is 13.5 Å². The van der Waals surface area contributed by atoms with Gasteiger partial charge in [-0.1, -0.05) is 18.2 Å². The number of amides is 1. The first-order valence-electron chi connectivity index (χ1n) is 7.30. The molecule has 6 heteroatoms.